The molecule has 0 bridgehead atoms. The smallest absolute Gasteiger partial charge is 0.353 e. The summed E-state index contributed by atoms with van der Waals surface area (Å²) in [6, 6.07) is -1.55. The van der Waals surface area contributed by atoms with Crippen molar-refractivity contribution in [2.24, 2.45) is 0 Å². The Labute approximate surface area is 67.5 Å². The fourth-order valence-corrected chi connectivity index (χ4v) is 1.12. The first-order valence-corrected chi connectivity index (χ1v) is 3.45. The average Bonchev–Trinajstić information content (AvgIpc) is 1.83. The van der Waals surface area contributed by atoms with Gasteiger partial charge in [0.2, 0.25) is 5.91 Å². The van der Waals surface area contributed by atoms with Gasteiger partial charge < -0.3 is 5.32 Å². The molecule has 0 spiro atoms. The fraction of sp³-hybridized carbons (Fsp3) is 0.833. The zero-order valence-electron chi connectivity index (χ0n) is 6.48. The number of hydrogen-bond acceptors (Lipinski definition) is 2. The molecule has 1 heterocycles. The molecule has 0 aromatic carbocycles. The summed E-state index contributed by atoms with van der Waals surface area (Å²) in [5.74, 6) is -0.363. The Hall–Kier alpha value is -0.780. The van der Waals surface area contributed by atoms with Gasteiger partial charge in [-0.05, 0) is 7.05 Å². The van der Waals surface area contributed by atoms with Gasteiger partial charge in [-0.15, -0.1) is 0 Å². The Kier molecular flexibility index (Phi) is 2.27. The number of carbonyl (C=O) groups excluding carboxylic acids is 1. The van der Waals surface area contributed by atoms with Gasteiger partial charge in [0, 0.05) is 6.54 Å². The van der Waals surface area contributed by atoms with Crippen molar-refractivity contribution in [1.82, 2.24) is 10.2 Å². The summed E-state index contributed by atoms with van der Waals surface area (Å²) < 4.78 is 36.4. The molecule has 70 valence electrons. The lowest BCUT2D eigenvalue weighted by Gasteiger charge is -2.33. The molecule has 0 aliphatic carbocycles. The summed E-state index contributed by atoms with van der Waals surface area (Å²) in [7, 11) is 1.29. The van der Waals surface area contributed by atoms with Crippen molar-refractivity contribution >= 4 is 5.91 Å². The fourth-order valence-electron chi connectivity index (χ4n) is 1.12. The van der Waals surface area contributed by atoms with E-state index in [2.05, 4.69) is 5.32 Å². The van der Waals surface area contributed by atoms with Gasteiger partial charge in [0.15, 0.2) is 0 Å². The molecular weight excluding hydrogens is 173 g/mol. The SMILES string of the molecule is CN1CC(=O)NCC1C(F)(F)F. The zero-order valence-corrected chi connectivity index (χ0v) is 6.48. The molecular formula is C6H9F3N2O. The molecule has 0 aromatic heterocycles. The number of rotatable bonds is 0. The first kappa shape index (κ1) is 9.31. The van der Waals surface area contributed by atoms with Crippen LogP contribution in [0, 0.1) is 0 Å². The molecule has 1 N–H and O–H groups in total. The molecule has 1 saturated heterocycles. The number of alkyl halides is 3. The lowest BCUT2D eigenvalue weighted by Crippen LogP contribution is -2.58. The van der Waals surface area contributed by atoms with E-state index in [-0.39, 0.29) is 19.0 Å². The van der Waals surface area contributed by atoms with E-state index in [4.69, 9.17) is 0 Å². The van der Waals surface area contributed by atoms with Crippen LogP contribution < -0.4 is 5.32 Å². The summed E-state index contributed by atoms with van der Waals surface area (Å²) >= 11 is 0. The summed E-state index contributed by atoms with van der Waals surface area (Å²) in [4.78, 5) is 11.6. The number of halogens is 3. The lowest BCUT2D eigenvalue weighted by atomic mass is 10.2. The Balaban J connectivity index is 2.62. The molecule has 1 atom stereocenters. The highest BCUT2D eigenvalue weighted by atomic mass is 19.4. The molecule has 1 aliphatic rings. The second kappa shape index (κ2) is 2.93. The normalized spacial score (nSPS) is 27.0. The van der Waals surface area contributed by atoms with Crippen LogP contribution in [0.5, 0.6) is 0 Å². The number of nitrogens with zero attached hydrogens (tertiary/aromatic N) is 1. The third kappa shape index (κ3) is 1.88. The van der Waals surface area contributed by atoms with Crippen molar-refractivity contribution in [1.29, 1.82) is 0 Å². The monoisotopic (exact) mass is 182 g/mol. The Morgan fingerprint density at radius 1 is 1.58 bits per heavy atom. The standard InChI is InChI=1S/C6H9F3N2O/c1-11-3-5(12)10-2-4(11)6(7,8)9/h4H,2-3H2,1H3,(H,10,12). The quantitative estimate of drug-likeness (QED) is 0.571. The highest BCUT2D eigenvalue weighted by molar-refractivity contribution is 5.78. The number of carbonyl (C=O) groups is 1. The van der Waals surface area contributed by atoms with Crippen LogP contribution in [0.15, 0.2) is 0 Å². The summed E-state index contributed by atoms with van der Waals surface area (Å²) in [6.07, 6.45) is -4.26. The van der Waals surface area contributed by atoms with Crippen molar-refractivity contribution in [3.8, 4) is 0 Å². The van der Waals surface area contributed by atoms with Crippen LogP contribution in [-0.2, 0) is 4.79 Å². The van der Waals surface area contributed by atoms with E-state index >= 15 is 0 Å². The highest BCUT2D eigenvalue weighted by Crippen LogP contribution is 2.24. The first-order chi connectivity index (χ1) is 5.41. The third-order valence-corrected chi connectivity index (χ3v) is 1.80. The molecule has 12 heavy (non-hydrogen) atoms. The largest absolute Gasteiger partial charge is 0.405 e. The second-order valence-corrected chi connectivity index (χ2v) is 2.78. The highest BCUT2D eigenvalue weighted by Gasteiger charge is 2.44. The Morgan fingerprint density at radius 2 is 2.17 bits per heavy atom. The van der Waals surface area contributed by atoms with Crippen LogP contribution in [0.1, 0.15) is 0 Å². The van der Waals surface area contributed by atoms with Gasteiger partial charge >= 0.3 is 6.18 Å². The molecule has 1 unspecified atom stereocenters. The number of piperazine rings is 1. The van der Waals surface area contributed by atoms with Gasteiger partial charge in [-0.3, -0.25) is 9.69 Å². The number of nitrogens with one attached hydrogen (secondary N) is 1. The maximum absolute atomic E-state index is 12.1. The van der Waals surface area contributed by atoms with E-state index < -0.39 is 12.2 Å². The van der Waals surface area contributed by atoms with E-state index in [9.17, 15) is 18.0 Å². The topological polar surface area (TPSA) is 32.3 Å². The molecule has 0 saturated carbocycles. The first-order valence-electron chi connectivity index (χ1n) is 3.45. The Bertz CT molecular complexity index is 192. The third-order valence-electron chi connectivity index (χ3n) is 1.80. The van der Waals surface area contributed by atoms with Gasteiger partial charge in [-0.25, -0.2) is 0 Å². The molecule has 1 fully saturated rings. The minimum absolute atomic E-state index is 0.190. The van der Waals surface area contributed by atoms with Crippen molar-refractivity contribution in [2.45, 2.75) is 12.2 Å². The van der Waals surface area contributed by atoms with Gasteiger partial charge in [-0.1, -0.05) is 0 Å². The van der Waals surface area contributed by atoms with Crippen LogP contribution in [0.3, 0.4) is 0 Å². The molecule has 0 aromatic rings. The van der Waals surface area contributed by atoms with E-state index in [1.807, 2.05) is 0 Å². The number of hydrogen-bond donors (Lipinski definition) is 1. The van der Waals surface area contributed by atoms with Gasteiger partial charge in [-0.2, -0.15) is 13.2 Å². The van der Waals surface area contributed by atoms with Crippen LogP contribution in [0.4, 0.5) is 13.2 Å². The maximum atomic E-state index is 12.1. The van der Waals surface area contributed by atoms with Gasteiger partial charge in [0.25, 0.3) is 0 Å². The van der Waals surface area contributed by atoms with Crippen molar-refractivity contribution in [3.63, 3.8) is 0 Å². The lowest BCUT2D eigenvalue weighted by molar-refractivity contribution is -0.185. The van der Waals surface area contributed by atoms with Crippen molar-refractivity contribution < 1.29 is 18.0 Å². The van der Waals surface area contributed by atoms with E-state index in [1.54, 1.807) is 0 Å². The Morgan fingerprint density at radius 3 is 2.58 bits per heavy atom. The summed E-state index contributed by atoms with van der Waals surface area (Å²) in [5.41, 5.74) is 0. The number of likely N-dealkylation sites (N-methyl/N-ethyl adjacent to an activating group) is 1. The van der Waals surface area contributed by atoms with E-state index in [1.165, 1.54) is 7.05 Å². The van der Waals surface area contributed by atoms with Crippen LogP contribution in [0.25, 0.3) is 0 Å². The summed E-state index contributed by atoms with van der Waals surface area (Å²) in [6.45, 7) is -0.539. The minimum atomic E-state index is -4.26. The molecule has 6 heteroatoms. The van der Waals surface area contributed by atoms with Crippen LogP contribution in [0.2, 0.25) is 0 Å². The molecule has 1 amide bonds. The minimum Gasteiger partial charge on any atom is -0.353 e. The van der Waals surface area contributed by atoms with E-state index in [0.29, 0.717) is 0 Å². The molecule has 0 radical (unpaired) electrons. The number of amides is 1. The molecule has 1 aliphatic heterocycles. The predicted octanol–water partition coefficient (Wildman–Crippen LogP) is -0.0211. The predicted molar refractivity (Wildman–Crippen MR) is 35.5 cm³/mol. The van der Waals surface area contributed by atoms with Gasteiger partial charge in [0.05, 0.1) is 6.54 Å². The average molecular weight is 182 g/mol. The van der Waals surface area contributed by atoms with Crippen molar-refractivity contribution in [2.75, 3.05) is 20.1 Å². The maximum Gasteiger partial charge on any atom is 0.405 e. The van der Waals surface area contributed by atoms with E-state index in [0.717, 1.165) is 4.90 Å². The zero-order chi connectivity index (χ0) is 9.35. The van der Waals surface area contributed by atoms with Crippen LogP contribution in [-0.4, -0.2) is 43.2 Å². The molecule has 3 nitrogen and oxygen atoms in total. The summed E-state index contributed by atoms with van der Waals surface area (Å²) in [5, 5.41) is 2.17. The van der Waals surface area contributed by atoms with Gasteiger partial charge in [0.1, 0.15) is 6.04 Å². The second-order valence-electron chi connectivity index (χ2n) is 2.78. The van der Waals surface area contributed by atoms with Crippen LogP contribution >= 0.6 is 0 Å². The van der Waals surface area contributed by atoms with Crippen molar-refractivity contribution in [3.05, 3.63) is 0 Å². The molecule has 1 rings (SSSR count).